The first-order valence-corrected chi connectivity index (χ1v) is 3.98. The van der Waals surface area contributed by atoms with E-state index in [4.69, 9.17) is 6.42 Å². The molecule has 0 heteroatoms. The highest BCUT2D eigenvalue weighted by Crippen LogP contribution is 2.23. The molecular weight excluding hydrogens is 144 g/mol. The number of allylic oxidation sites excluding steroid dienone is 7. The maximum absolute atomic E-state index is 5.27. The number of rotatable bonds is 2. The molecule has 1 aliphatic carbocycles. The van der Waals surface area contributed by atoms with Crippen LogP contribution in [-0.2, 0) is 0 Å². The van der Waals surface area contributed by atoms with E-state index in [1.54, 1.807) is 0 Å². The van der Waals surface area contributed by atoms with Crippen molar-refractivity contribution in [2.45, 2.75) is 13.3 Å². The van der Waals surface area contributed by atoms with Crippen LogP contribution in [0.2, 0.25) is 0 Å². The summed E-state index contributed by atoms with van der Waals surface area (Å²) in [5.74, 6) is 2.62. The van der Waals surface area contributed by atoms with Crippen molar-refractivity contribution < 1.29 is 0 Å². The normalized spacial score (nSPS) is 16.5. The van der Waals surface area contributed by atoms with Gasteiger partial charge in [-0.25, -0.2) is 0 Å². The van der Waals surface area contributed by atoms with Gasteiger partial charge in [0.1, 0.15) is 0 Å². The minimum atomic E-state index is 0.936. The zero-order valence-corrected chi connectivity index (χ0v) is 7.30. The summed E-state index contributed by atoms with van der Waals surface area (Å²) < 4.78 is 0. The van der Waals surface area contributed by atoms with Gasteiger partial charge in [0.15, 0.2) is 0 Å². The third kappa shape index (κ3) is 1.57. The summed E-state index contributed by atoms with van der Waals surface area (Å²) in [7, 11) is 0. The molecular formula is C12H12. The van der Waals surface area contributed by atoms with Crippen LogP contribution in [0.1, 0.15) is 13.3 Å². The average molecular weight is 156 g/mol. The van der Waals surface area contributed by atoms with Gasteiger partial charge in [-0.3, -0.25) is 0 Å². The fourth-order valence-electron chi connectivity index (χ4n) is 1.26. The molecule has 0 bridgehead atoms. The quantitative estimate of drug-likeness (QED) is 0.426. The molecule has 0 aliphatic heterocycles. The minimum Gasteiger partial charge on any atom is -0.115 e. The van der Waals surface area contributed by atoms with Crippen LogP contribution in [-0.4, -0.2) is 0 Å². The molecule has 0 spiro atoms. The lowest BCUT2D eigenvalue weighted by molar-refractivity contribution is 1.28. The van der Waals surface area contributed by atoms with Gasteiger partial charge >= 0.3 is 0 Å². The maximum atomic E-state index is 5.27. The lowest BCUT2D eigenvalue weighted by Crippen LogP contribution is -1.80. The van der Waals surface area contributed by atoms with Gasteiger partial charge in [-0.1, -0.05) is 30.7 Å². The zero-order valence-electron chi connectivity index (χ0n) is 7.30. The van der Waals surface area contributed by atoms with Gasteiger partial charge in [0.25, 0.3) is 0 Å². The van der Waals surface area contributed by atoms with Crippen LogP contribution in [0, 0.1) is 12.3 Å². The Bertz CT molecular complexity index is 316. The fourth-order valence-corrected chi connectivity index (χ4v) is 1.26. The standard InChI is InChI=1S/C12H12/c1-4-10-7-8-12(9-10)11(5-2)6-3/h1,5-7,9H,2,8H2,3H3/b11-6+. The third-order valence-electron chi connectivity index (χ3n) is 1.94. The molecule has 0 saturated heterocycles. The van der Waals surface area contributed by atoms with Crippen molar-refractivity contribution in [3.05, 3.63) is 47.6 Å². The van der Waals surface area contributed by atoms with Crippen LogP contribution in [0.3, 0.4) is 0 Å². The van der Waals surface area contributed by atoms with E-state index in [1.165, 1.54) is 11.1 Å². The molecule has 0 aromatic heterocycles. The molecule has 0 unspecified atom stereocenters. The van der Waals surface area contributed by atoms with E-state index in [0.717, 1.165) is 12.0 Å². The van der Waals surface area contributed by atoms with Crippen LogP contribution < -0.4 is 0 Å². The Kier molecular flexibility index (Phi) is 2.71. The van der Waals surface area contributed by atoms with Gasteiger partial charge in [-0.2, -0.15) is 0 Å². The topological polar surface area (TPSA) is 0 Å². The van der Waals surface area contributed by atoms with E-state index >= 15 is 0 Å². The van der Waals surface area contributed by atoms with Gasteiger partial charge in [-0.15, -0.1) is 6.42 Å². The van der Waals surface area contributed by atoms with E-state index in [1.807, 2.05) is 25.2 Å². The highest BCUT2D eigenvalue weighted by atomic mass is 14.1. The van der Waals surface area contributed by atoms with Crippen molar-refractivity contribution in [2.75, 3.05) is 0 Å². The molecule has 0 atom stereocenters. The predicted molar refractivity (Wildman–Crippen MR) is 53.6 cm³/mol. The second kappa shape index (κ2) is 3.78. The van der Waals surface area contributed by atoms with Gasteiger partial charge < -0.3 is 0 Å². The Morgan fingerprint density at radius 3 is 2.92 bits per heavy atom. The molecule has 0 N–H and O–H groups in total. The minimum absolute atomic E-state index is 0.936. The van der Waals surface area contributed by atoms with Crippen molar-refractivity contribution in [1.29, 1.82) is 0 Å². The molecule has 0 heterocycles. The summed E-state index contributed by atoms with van der Waals surface area (Å²) in [4.78, 5) is 0. The monoisotopic (exact) mass is 156 g/mol. The SMILES string of the molecule is C#CC1=CCC(/C(C=C)=C/C)=C1. The highest BCUT2D eigenvalue weighted by Gasteiger charge is 2.06. The third-order valence-corrected chi connectivity index (χ3v) is 1.94. The van der Waals surface area contributed by atoms with Crippen LogP contribution in [0.25, 0.3) is 0 Å². The molecule has 0 aromatic rings. The lowest BCUT2D eigenvalue weighted by Gasteiger charge is -1.99. The van der Waals surface area contributed by atoms with Crippen molar-refractivity contribution >= 4 is 0 Å². The summed E-state index contributed by atoms with van der Waals surface area (Å²) >= 11 is 0. The summed E-state index contributed by atoms with van der Waals surface area (Å²) in [6, 6.07) is 0. The molecule has 0 nitrogen and oxygen atoms in total. The first-order valence-electron chi connectivity index (χ1n) is 3.98. The van der Waals surface area contributed by atoms with Gasteiger partial charge in [0, 0.05) is 5.57 Å². The van der Waals surface area contributed by atoms with E-state index < -0.39 is 0 Å². The average Bonchev–Trinajstić information content (AvgIpc) is 2.55. The summed E-state index contributed by atoms with van der Waals surface area (Å²) in [6.07, 6.45) is 14.2. The van der Waals surface area contributed by atoms with Crippen molar-refractivity contribution in [3.8, 4) is 12.3 Å². The Morgan fingerprint density at radius 1 is 1.75 bits per heavy atom. The first kappa shape index (κ1) is 8.62. The summed E-state index contributed by atoms with van der Waals surface area (Å²) in [5.41, 5.74) is 3.42. The fraction of sp³-hybridized carbons (Fsp3) is 0.167. The van der Waals surface area contributed by atoms with E-state index in [9.17, 15) is 0 Å². The first-order chi connectivity index (χ1) is 5.81. The maximum Gasteiger partial charge on any atom is 0.0209 e. The van der Waals surface area contributed by atoms with Gasteiger partial charge in [-0.05, 0) is 30.6 Å². The van der Waals surface area contributed by atoms with Crippen LogP contribution in [0.4, 0.5) is 0 Å². The molecule has 0 saturated carbocycles. The van der Waals surface area contributed by atoms with E-state index in [-0.39, 0.29) is 0 Å². The smallest absolute Gasteiger partial charge is 0.0209 e. The van der Waals surface area contributed by atoms with Crippen LogP contribution in [0.5, 0.6) is 0 Å². The Hall–Kier alpha value is -1.48. The second-order valence-electron chi connectivity index (χ2n) is 2.63. The van der Waals surface area contributed by atoms with Crippen molar-refractivity contribution in [2.24, 2.45) is 0 Å². The van der Waals surface area contributed by atoms with Gasteiger partial charge in [0.2, 0.25) is 0 Å². The van der Waals surface area contributed by atoms with Crippen molar-refractivity contribution in [3.63, 3.8) is 0 Å². The Morgan fingerprint density at radius 2 is 2.50 bits per heavy atom. The molecule has 0 aromatic carbocycles. The van der Waals surface area contributed by atoms with Crippen LogP contribution >= 0.6 is 0 Å². The number of hydrogen-bond donors (Lipinski definition) is 0. The van der Waals surface area contributed by atoms with E-state index in [0.29, 0.717) is 0 Å². The molecule has 1 rings (SSSR count). The largest absolute Gasteiger partial charge is 0.115 e. The number of hydrogen-bond acceptors (Lipinski definition) is 0. The molecule has 60 valence electrons. The highest BCUT2D eigenvalue weighted by molar-refractivity contribution is 5.52. The Labute approximate surface area is 74.0 Å². The number of terminal acetylenes is 1. The molecule has 12 heavy (non-hydrogen) atoms. The summed E-state index contributed by atoms with van der Waals surface area (Å²) in [5, 5.41) is 0. The molecule has 0 amide bonds. The predicted octanol–water partition coefficient (Wildman–Crippen LogP) is 3.01. The molecule has 0 radical (unpaired) electrons. The summed E-state index contributed by atoms with van der Waals surface area (Å²) in [6.45, 7) is 5.75. The van der Waals surface area contributed by atoms with Gasteiger partial charge in [0.05, 0.1) is 0 Å². The van der Waals surface area contributed by atoms with E-state index in [2.05, 4.69) is 18.6 Å². The Balaban J connectivity index is 2.85. The van der Waals surface area contributed by atoms with Crippen LogP contribution in [0.15, 0.2) is 47.6 Å². The zero-order chi connectivity index (χ0) is 8.97. The second-order valence-corrected chi connectivity index (χ2v) is 2.63. The van der Waals surface area contributed by atoms with Crippen molar-refractivity contribution in [1.82, 2.24) is 0 Å². The molecule has 1 aliphatic rings. The molecule has 0 fully saturated rings. The lowest BCUT2D eigenvalue weighted by atomic mass is 10.1.